The quantitative estimate of drug-likeness (QED) is 0.513. The van der Waals surface area contributed by atoms with Crippen molar-refractivity contribution < 1.29 is 18.0 Å². The summed E-state index contributed by atoms with van der Waals surface area (Å²) < 4.78 is 38.3. The van der Waals surface area contributed by atoms with Gasteiger partial charge in [-0.05, 0) is 11.6 Å². The second-order valence-corrected chi connectivity index (χ2v) is 6.36. The lowest BCUT2D eigenvalue weighted by Crippen LogP contribution is -2.22. The molecule has 0 radical (unpaired) electrons. The first kappa shape index (κ1) is 18.8. The zero-order valence-electron chi connectivity index (χ0n) is 13.8. The van der Waals surface area contributed by atoms with Crippen molar-refractivity contribution in [3.63, 3.8) is 0 Å². The highest BCUT2D eigenvalue weighted by molar-refractivity contribution is 7.99. The minimum absolute atomic E-state index is 0.170. The van der Waals surface area contributed by atoms with Crippen LogP contribution in [0.4, 0.5) is 18.9 Å². The molecule has 0 bridgehead atoms. The van der Waals surface area contributed by atoms with Crippen molar-refractivity contribution in [2.24, 2.45) is 0 Å². The summed E-state index contributed by atoms with van der Waals surface area (Å²) in [5, 5.41) is 8.95. The molecule has 0 saturated heterocycles. The van der Waals surface area contributed by atoms with Crippen molar-refractivity contribution in [3.05, 3.63) is 60.4 Å². The predicted octanol–water partition coefficient (Wildman–Crippen LogP) is 3.41. The number of rotatable bonds is 5. The smallest absolute Gasteiger partial charge is 0.335 e. The van der Waals surface area contributed by atoms with Crippen LogP contribution in [0, 0.1) is 0 Å². The monoisotopic (exact) mass is 393 g/mol. The molecule has 140 valence electrons. The molecule has 1 heterocycles. The van der Waals surface area contributed by atoms with Gasteiger partial charge in [0, 0.05) is 11.3 Å². The van der Waals surface area contributed by atoms with Crippen molar-refractivity contribution in [2.75, 3.05) is 16.9 Å². The number of carbonyl (C=O) groups is 1. The molecule has 0 unspecified atom stereocenters. The van der Waals surface area contributed by atoms with Crippen molar-refractivity contribution in [1.29, 1.82) is 0 Å². The molecule has 0 aliphatic heterocycles. The third-order valence-electron chi connectivity index (χ3n) is 3.54. The Labute approximate surface area is 156 Å². The van der Waals surface area contributed by atoms with E-state index in [1.54, 1.807) is 12.1 Å². The molecule has 3 N–H and O–H groups in total. The number of nitrogen functional groups attached to an aromatic ring is 1. The number of benzene rings is 2. The SMILES string of the molecule is Nn1c(SCC(=O)Nc2ccccc2-c2ccccc2)nnc1C(F)(F)F. The van der Waals surface area contributed by atoms with E-state index in [1.807, 2.05) is 42.5 Å². The number of nitrogens with one attached hydrogen (secondary N) is 1. The third-order valence-corrected chi connectivity index (χ3v) is 4.48. The summed E-state index contributed by atoms with van der Waals surface area (Å²) in [5.41, 5.74) is 2.36. The first-order valence-corrected chi connectivity index (χ1v) is 8.69. The minimum atomic E-state index is -4.71. The molecule has 3 aromatic rings. The number of carbonyl (C=O) groups excluding carboxylic acids is 1. The molecule has 3 rings (SSSR count). The Hall–Kier alpha value is -3.01. The Morgan fingerprint density at radius 1 is 1.07 bits per heavy atom. The largest absolute Gasteiger partial charge is 0.453 e. The molecule has 0 atom stereocenters. The number of amides is 1. The van der Waals surface area contributed by atoms with E-state index in [1.165, 1.54) is 0 Å². The van der Waals surface area contributed by atoms with Gasteiger partial charge in [-0.2, -0.15) is 13.2 Å². The lowest BCUT2D eigenvalue weighted by molar-refractivity contribution is -0.146. The van der Waals surface area contributed by atoms with Gasteiger partial charge in [0.25, 0.3) is 5.82 Å². The summed E-state index contributed by atoms with van der Waals surface area (Å²) in [5.74, 6) is 3.45. The van der Waals surface area contributed by atoms with Crippen molar-refractivity contribution in [1.82, 2.24) is 14.9 Å². The lowest BCUT2D eigenvalue weighted by atomic mass is 10.0. The van der Waals surface area contributed by atoms with Crippen LogP contribution in [0.15, 0.2) is 59.8 Å². The number of alkyl halides is 3. The maximum atomic E-state index is 12.7. The highest BCUT2D eigenvalue weighted by Crippen LogP contribution is 2.30. The van der Waals surface area contributed by atoms with Gasteiger partial charge in [-0.1, -0.05) is 60.3 Å². The number of anilines is 1. The summed E-state index contributed by atoms with van der Waals surface area (Å²) in [6.07, 6.45) is -4.71. The lowest BCUT2D eigenvalue weighted by Gasteiger charge is -2.11. The first-order chi connectivity index (χ1) is 12.9. The second kappa shape index (κ2) is 7.70. The molecule has 27 heavy (non-hydrogen) atoms. The van der Waals surface area contributed by atoms with Gasteiger partial charge in [-0.3, -0.25) is 4.79 Å². The number of thioether (sulfide) groups is 1. The Morgan fingerprint density at radius 3 is 2.41 bits per heavy atom. The predicted molar refractivity (Wildman–Crippen MR) is 96.4 cm³/mol. The number of aromatic nitrogens is 3. The maximum Gasteiger partial charge on any atom is 0.453 e. The Kier molecular flexibility index (Phi) is 5.36. The summed E-state index contributed by atoms with van der Waals surface area (Å²) in [6, 6.07) is 16.7. The molecule has 10 heteroatoms. The second-order valence-electron chi connectivity index (χ2n) is 5.42. The molecular weight excluding hydrogens is 379 g/mol. The third kappa shape index (κ3) is 4.40. The van der Waals surface area contributed by atoms with Crippen molar-refractivity contribution in [3.8, 4) is 11.1 Å². The van der Waals surface area contributed by atoms with E-state index in [0.29, 0.717) is 10.4 Å². The Morgan fingerprint density at radius 2 is 1.74 bits per heavy atom. The fourth-order valence-electron chi connectivity index (χ4n) is 2.35. The number of hydrogen-bond donors (Lipinski definition) is 2. The molecular formula is C17H14F3N5OS. The van der Waals surface area contributed by atoms with Gasteiger partial charge in [0.2, 0.25) is 11.1 Å². The highest BCUT2D eigenvalue weighted by atomic mass is 32.2. The molecule has 1 aromatic heterocycles. The number of halogens is 3. The fourth-order valence-corrected chi connectivity index (χ4v) is 3.00. The zero-order chi connectivity index (χ0) is 19.4. The van der Waals surface area contributed by atoms with E-state index in [0.717, 1.165) is 22.9 Å². The van der Waals surface area contributed by atoms with Crippen LogP contribution in [0.3, 0.4) is 0 Å². The topological polar surface area (TPSA) is 85.8 Å². The van der Waals surface area contributed by atoms with E-state index >= 15 is 0 Å². The maximum absolute atomic E-state index is 12.7. The summed E-state index contributed by atoms with van der Waals surface area (Å²) in [6.45, 7) is 0. The van der Waals surface area contributed by atoms with Crippen molar-refractivity contribution >= 4 is 23.4 Å². The highest BCUT2D eigenvalue weighted by Gasteiger charge is 2.38. The van der Waals surface area contributed by atoms with E-state index in [2.05, 4.69) is 15.5 Å². The van der Waals surface area contributed by atoms with Crippen LogP contribution in [-0.2, 0) is 11.0 Å². The minimum Gasteiger partial charge on any atom is -0.335 e. The number of nitrogens with two attached hydrogens (primary N) is 1. The molecule has 0 aliphatic carbocycles. The van der Waals surface area contributed by atoms with Crippen LogP contribution < -0.4 is 11.2 Å². The van der Waals surface area contributed by atoms with E-state index in [4.69, 9.17) is 5.84 Å². The number of nitrogens with zero attached hydrogens (tertiary/aromatic N) is 3. The van der Waals surface area contributed by atoms with Gasteiger partial charge >= 0.3 is 6.18 Å². The normalized spacial score (nSPS) is 11.4. The molecule has 0 fully saturated rings. The van der Waals surface area contributed by atoms with E-state index < -0.39 is 17.9 Å². The van der Waals surface area contributed by atoms with Gasteiger partial charge in [0.15, 0.2) is 0 Å². The standard InChI is InChI=1S/C17H14F3N5OS/c18-17(19,20)15-23-24-16(25(15)21)27-10-14(26)22-13-9-5-4-8-12(13)11-6-2-1-3-7-11/h1-9H,10,21H2,(H,22,26). The van der Waals surface area contributed by atoms with Crippen LogP contribution >= 0.6 is 11.8 Å². The zero-order valence-corrected chi connectivity index (χ0v) is 14.6. The number of para-hydroxylation sites is 1. The van der Waals surface area contributed by atoms with Gasteiger partial charge in [-0.25, -0.2) is 4.68 Å². The molecule has 0 saturated carbocycles. The average molecular weight is 393 g/mol. The van der Waals surface area contributed by atoms with E-state index in [-0.39, 0.29) is 10.9 Å². The summed E-state index contributed by atoms with van der Waals surface area (Å²) in [7, 11) is 0. The Balaban J connectivity index is 1.69. The molecule has 1 amide bonds. The van der Waals surface area contributed by atoms with Crippen LogP contribution in [-0.4, -0.2) is 26.5 Å². The number of hydrogen-bond acceptors (Lipinski definition) is 5. The van der Waals surface area contributed by atoms with Gasteiger partial charge in [0.1, 0.15) is 0 Å². The fraction of sp³-hybridized carbons (Fsp3) is 0.118. The summed E-state index contributed by atoms with van der Waals surface area (Å²) in [4.78, 5) is 12.2. The molecule has 0 spiro atoms. The first-order valence-electron chi connectivity index (χ1n) is 7.71. The Bertz CT molecular complexity index is 943. The van der Waals surface area contributed by atoms with Gasteiger partial charge in [-0.15, -0.1) is 10.2 Å². The summed E-state index contributed by atoms with van der Waals surface area (Å²) >= 11 is 0.765. The van der Waals surface area contributed by atoms with Gasteiger partial charge in [0.05, 0.1) is 5.75 Å². The van der Waals surface area contributed by atoms with Gasteiger partial charge < -0.3 is 11.2 Å². The van der Waals surface area contributed by atoms with Crippen LogP contribution in [0.1, 0.15) is 5.82 Å². The average Bonchev–Trinajstić information content (AvgIpc) is 3.02. The van der Waals surface area contributed by atoms with Crippen LogP contribution in [0.25, 0.3) is 11.1 Å². The molecule has 0 aliphatic rings. The van der Waals surface area contributed by atoms with Crippen molar-refractivity contribution in [2.45, 2.75) is 11.3 Å². The van der Waals surface area contributed by atoms with Crippen LogP contribution in [0.5, 0.6) is 0 Å². The van der Waals surface area contributed by atoms with Crippen LogP contribution in [0.2, 0.25) is 0 Å². The van der Waals surface area contributed by atoms with E-state index in [9.17, 15) is 18.0 Å². The molecule has 6 nitrogen and oxygen atoms in total. The molecule has 2 aromatic carbocycles.